The van der Waals surface area contributed by atoms with Crippen molar-refractivity contribution in [3.05, 3.63) is 83.6 Å². The Morgan fingerprint density at radius 2 is 1.78 bits per heavy atom. The maximum atomic E-state index is 13.8. The lowest BCUT2D eigenvalue weighted by Crippen LogP contribution is -2.16. The lowest BCUT2D eigenvalue weighted by molar-refractivity contribution is 0.155. The molecule has 0 aliphatic carbocycles. The van der Waals surface area contributed by atoms with Crippen molar-refractivity contribution in [3.63, 3.8) is 0 Å². The van der Waals surface area contributed by atoms with Crippen molar-refractivity contribution in [3.8, 4) is 6.01 Å². The summed E-state index contributed by atoms with van der Waals surface area (Å²) in [5, 5.41) is 2.20. The van der Waals surface area contributed by atoms with Crippen molar-refractivity contribution >= 4 is 11.9 Å². The quantitative estimate of drug-likeness (QED) is 0.707. The first-order valence-electron chi connectivity index (χ1n) is 7.97. The van der Waals surface area contributed by atoms with Crippen molar-refractivity contribution in [2.75, 3.05) is 5.32 Å². The van der Waals surface area contributed by atoms with Crippen molar-refractivity contribution in [2.24, 2.45) is 0 Å². The minimum Gasteiger partial charge on any atom is -0.459 e. The molecule has 6 nitrogen and oxygen atoms in total. The highest BCUT2D eigenvalue weighted by molar-refractivity contribution is 5.83. The Kier molecular flexibility index (Phi) is 5.88. The minimum absolute atomic E-state index is 0.0126. The van der Waals surface area contributed by atoms with Gasteiger partial charge in [0.25, 0.3) is 0 Å². The maximum absolute atomic E-state index is 13.8. The zero-order valence-electron chi connectivity index (χ0n) is 14.1. The summed E-state index contributed by atoms with van der Waals surface area (Å²) in [6.45, 7) is 0.0175. The van der Waals surface area contributed by atoms with E-state index in [1.165, 1.54) is 18.2 Å². The summed E-state index contributed by atoms with van der Waals surface area (Å²) in [6, 6.07) is 14.7. The number of hydrogen-bond acceptors (Lipinski definition) is 5. The number of anilines is 1. The van der Waals surface area contributed by atoms with Gasteiger partial charge in [0.05, 0.1) is 6.20 Å². The minimum atomic E-state index is -0.868. The summed E-state index contributed by atoms with van der Waals surface area (Å²) >= 11 is 0. The van der Waals surface area contributed by atoms with E-state index in [0.717, 1.165) is 11.8 Å². The molecule has 8 heteroatoms. The molecule has 27 heavy (non-hydrogen) atoms. The fourth-order valence-corrected chi connectivity index (χ4v) is 2.14. The Labute approximate surface area is 153 Å². The average molecular weight is 371 g/mol. The Morgan fingerprint density at radius 3 is 2.56 bits per heavy atom. The summed E-state index contributed by atoms with van der Waals surface area (Å²) in [7, 11) is 0. The fourth-order valence-electron chi connectivity index (χ4n) is 2.14. The van der Waals surface area contributed by atoms with Crippen LogP contribution in [0, 0.1) is 11.6 Å². The van der Waals surface area contributed by atoms with Gasteiger partial charge in [0.1, 0.15) is 19.0 Å². The first kappa shape index (κ1) is 18.2. The number of aromatic nitrogens is 2. The molecule has 2 aromatic carbocycles. The third-order valence-corrected chi connectivity index (χ3v) is 3.41. The zero-order valence-corrected chi connectivity index (χ0v) is 14.1. The highest BCUT2D eigenvalue weighted by Gasteiger charge is 2.12. The van der Waals surface area contributed by atoms with E-state index < -0.39 is 17.7 Å². The SMILES string of the molecule is O=C(Nc1nc(OCc2cccc(F)c2)ncc1F)OCc1ccccc1. The number of halogens is 2. The molecule has 138 valence electrons. The van der Waals surface area contributed by atoms with Gasteiger partial charge in [0.2, 0.25) is 0 Å². The fraction of sp³-hybridized carbons (Fsp3) is 0.105. The average Bonchev–Trinajstić information content (AvgIpc) is 2.68. The highest BCUT2D eigenvalue weighted by atomic mass is 19.1. The van der Waals surface area contributed by atoms with Gasteiger partial charge in [-0.05, 0) is 23.3 Å². The molecule has 0 saturated carbocycles. The molecule has 1 N–H and O–H groups in total. The van der Waals surface area contributed by atoms with Gasteiger partial charge in [-0.1, -0.05) is 42.5 Å². The van der Waals surface area contributed by atoms with E-state index in [2.05, 4.69) is 15.3 Å². The first-order chi connectivity index (χ1) is 13.1. The van der Waals surface area contributed by atoms with Crippen LogP contribution in [-0.2, 0) is 18.0 Å². The number of benzene rings is 2. The molecule has 1 heterocycles. The first-order valence-corrected chi connectivity index (χ1v) is 7.97. The van der Waals surface area contributed by atoms with Gasteiger partial charge in [-0.25, -0.2) is 18.6 Å². The van der Waals surface area contributed by atoms with E-state index in [0.29, 0.717) is 5.56 Å². The van der Waals surface area contributed by atoms with Crippen molar-refractivity contribution in [1.82, 2.24) is 9.97 Å². The van der Waals surface area contributed by atoms with E-state index in [1.807, 2.05) is 18.2 Å². The van der Waals surface area contributed by atoms with Gasteiger partial charge in [0, 0.05) is 0 Å². The topological polar surface area (TPSA) is 73.3 Å². The van der Waals surface area contributed by atoms with Crippen LogP contribution in [0.25, 0.3) is 0 Å². The number of carbonyl (C=O) groups is 1. The molecule has 1 amide bonds. The Bertz CT molecular complexity index is 923. The summed E-state index contributed by atoms with van der Waals surface area (Å²) in [4.78, 5) is 19.3. The van der Waals surface area contributed by atoms with Gasteiger partial charge >= 0.3 is 12.1 Å². The third-order valence-electron chi connectivity index (χ3n) is 3.41. The Hall–Kier alpha value is -3.55. The van der Waals surface area contributed by atoms with Crippen LogP contribution in [0.1, 0.15) is 11.1 Å². The third kappa shape index (κ3) is 5.46. The van der Waals surface area contributed by atoms with Crippen LogP contribution in [0.3, 0.4) is 0 Å². The summed E-state index contributed by atoms with van der Waals surface area (Å²) in [6.07, 6.45) is -0.00620. The number of nitrogens with one attached hydrogen (secondary N) is 1. The molecule has 0 aliphatic rings. The predicted octanol–water partition coefficient (Wildman–Crippen LogP) is 4.08. The smallest absolute Gasteiger partial charge is 0.413 e. The second kappa shape index (κ2) is 8.70. The normalized spacial score (nSPS) is 10.3. The molecule has 0 saturated heterocycles. The summed E-state index contributed by atoms with van der Waals surface area (Å²) < 4.78 is 37.3. The lowest BCUT2D eigenvalue weighted by atomic mass is 10.2. The van der Waals surface area contributed by atoms with Crippen LogP contribution in [0.15, 0.2) is 60.8 Å². The van der Waals surface area contributed by atoms with E-state index in [-0.39, 0.29) is 25.0 Å². The van der Waals surface area contributed by atoms with Gasteiger partial charge in [-0.2, -0.15) is 4.98 Å². The molecule has 3 aromatic rings. The number of carbonyl (C=O) groups excluding carboxylic acids is 1. The molecule has 1 aromatic heterocycles. The van der Waals surface area contributed by atoms with Crippen LogP contribution in [-0.4, -0.2) is 16.1 Å². The van der Waals surface area contributed by atoms with E-state index in [4.69, 9.17) is 9.47 Å². The molecular formula is C19H15F2N3O3. The van der Waals surface area contributed by atoms with Gasteiger partial charge in [0.15, 0.2) is 11.6 Å². The van der Waals surface area contributed by atoms with E-state index in [1.54, 1.807) is 18.2 Å². The molecule has 0 bridgehead atoms. The standard InChI is InChI=1S/C19H15F2N3O3/c20-15-8-4-7-14(9-15)12-26-18-22-10-16(21)17(23-18)24-19(25)27-11-13-5-2-1-3-6-13/h1-10H,11-12H2,(H,22,23,24,25). The molecule has 3 rings (SSSR count). The molecule has 0 atom stereocenters. The van der Waals surface area contributed by atoms with Crippen molar-refractivity contribution < 1.29 is 23.0 Å². The molecule has 0 radical (unpaired) electrons. The molecule has 0 spiro atoms. The number of hydrogen-bond donors (Lipinski definition) is 1. The largest absolute Gasteiger partial charge is 0.459 e. The molecule has 0 aliphatic heterocycles. The number of ether oxygens (including phenoxy) is 2. The number of rotatable bonds is 6. The summed E-state index contributed by atoms with van der Waals surface area (Å²) in [5.41, 5.74) is 1.34. The van der Waals surface area contributed by atoms with Gasteiger partial charge < -0.3 is 9.47 Å². The van der Waals surface area contributed by atoms with Crippen LogP contribution in [0.2, 0.25) is 0 Å². The molecule has 0 fully saturated rings. The van der Waals surface area contributed by atoms with Gasteiger partial charge in [-0.3, -0.25) is 5.32 Å². The van der Waals surface area contributed by atoms with Gasteiger partial charge in [-0.15, -0.1) is 0 Å². The highest BCUT2D eigenvalue weighted by Crippen LogP contribution is 2.15. The van der Waals surface area contributed by atoms with Crippen molar-refractivity contribution in [1.29, 1.82) is 0 Å². The van der Waals surface area contributed by atoms with E-state index >= 15 is 0 Å². The number of amides is 1. The van der Waals surface area contributed by atoms with E-state index in [9.17, 15) is 13.6 Å². The van der Waals surface area contributed by atoms with Crippen molar-refractivity contribution in [2.45, 2.75) is 13.2 Å². The lowest BCUT2D eigenvalue weighted by Gasteiger charge is -2.09. The second-order valence-electron chi connectivity index (χ2n) is 5.45. The van der Waals surface area contributed by atoms with Crippen LogP contribution in [0.4, 0.5) is 19.4 Å². The maximum Gasteiger partial charge on any atom is 0.413 e. The second-order valence-corrected chi connectivity index (χ2v) is 5.45. The Morgan fingerprint density at radius 1 is 1.00 bits per heavy atom. The molecular weight excluding hydrogens is 356 g/mol. The Balaban J connectivity index is 1.58. The van der Waals surface area contributed by atoms with Crippen LogP contribution >= 0.6 is 0 Å². The summed E-state index contributed by atoms with van der Waals surface area (Å²) in [5.74, 6) is -1.62. The van der Waals surface area contributed by atoms with Crippen LogP contribution in [0.5, 0.6) is 6.01 Å². The monoisotopic (exact) mass is 371 g/mol. The predicted molar refractivity (Wildman–Crippen MR) is 93.0 cm³/mol. The molecule has 0 unspecified atom stereocenters. The number of nitrogens with zero attached hydrogens (tertiary/aromatic N) is 2. The van der Waals surface area contributed by atoms with Crippen LogP contribution < -0.4 is 10.1 Å². The zero-order chi connectivity index (χ0) is 19.1.